The molecule has 4 aromatic rings. The molecule has 0 amide bonds. The zero-order chi connectivity index (χ0) is 23.5. The van der Waals surface area contributed by atoms with Crippen molar-refractivity contribution in [3.8, 4) is 17.4 Å². The maximum atomic E-state index is 13.1. The average Bonchev–Trinajstić information content (AvgIpc) is 3.56. The molecule has 0 atom stereocenters. The third-order valence-electron chi connectivity index (χ3n) is 5.39. The molecule has 9 nitrogen and oxygen atoms in total. The van der Waals surface area contributed by atoms with E-state index in [9.17, 15) is 4.79 Å². The number of rotatable bonds is 9. The second kappa shape index (κ2) is 9.68. The van der Waals surface area contributed by atoms with Crippen molar-refractivity contribution in [2.45, 2.75) is 33.2 Å². The first-order valence-electron chi connectivity index (χ1n) is 11.2. The highest BCUT2D eigenvalue weighted by Crippen LogP contribution is 2.33. The zero-order valence-electron chi connectivity index (χ0n) is 18.9. The van der Waals surface area contributed by atoms with Gasteiger partial charge in [0.2, 0.25) is 12.7 Å². The highest BCUT2D eigenvalue weighted by atomic mass is 32.1. The van der Waals surface area contributed by atoms with Crippen molar-refractivity contribution in [3.05, 3.63) is 58.8 Å². The van der Waals surface area contributed by atoms with E-state index in [4.69, 9.17) is 18.9 Å². The minimum atomic E-state index is -0.437. The molecular weight excluding hydrogens is 456 g/mol. The first-order valence-corrected chi connectivity index (χ1v) is 11.9. The van der Waals surface area contributed by atoms with Gasteiger partial charge in [-0.25, -0.2) is 9.48 Å². The zero-order valence-corrected chi connectivity index (χ0v) is 19.8. The Morgan fingerprint density at radius 2 is 1.88 bits per heavy atom. The van der Waals surface area contributed by atoms with Crippen LogP contribution in [0.5, 0.6) is 17.4 Å². The predicted molar refractivity (Wildman–Crippen MR) is 126 cm³/mol. The van der Waals surface area contributed by atoms with E-state index < -0.39 is 5.97 Å². The highest BCUT2D eigenvalue weighted by molar-refractivity contribution is 7.00. The van der Waals surface area contributed by atoms with E-state index in [1.54, 1.807) is 11.6 Å². The molecule has 0 aliphatic carbocycles. The maximum Gasteiger partial charge on any atom is 0.357 e. The number of benzene rings is 2. The second-order valence-electron chi connectivity index (χ2n) is 7.81. The number of aromatic nitrogens is 4. The summed E-state index contributed by atoms with van der Waals surface area (Å²) in [6, 6.07) is 11.6. The van der Waals surface area contributed by atoms with Crippen LogP contribution >= 0.6 is 11.7 Å². The smallest absolute Gasteiger partial charge is 0.357 e. The van der Waals surface area contributed by atoms with Crippen LogP contribution < -0.4 is 14.2 Å². The minimum Gasteiger partial charge on any atom is -0.476 e. The summed E-state index contributed by atoms with van der Waals surface area (Å²) in [5, 5.41) is 4.68. The number of nitrogens with zero attached hydrogens (tertiary/aromatic N) is 4. The van der Waals surface area contributed by atoms with Gasteiger partial charge in [0.1, 0.15) is 11.0 Å². The molecule has 0 saturated heterocycles. The van der Waals surface area contributed by atoms with Crippen molar-refractivity contribution in [2.24, 2.45) is 0 Å². The van der Waals surface area contributed by atoms with Crippen molar-refractivity contribution in [2.75, 3.05) is 20.0 Å². The van der Waals surface area contributed by atoms with Crippen LogP contribution in [0.1, 0.15) is 47.4 Å². The first kappa shape index (κ1) is 22.1. The van der Waals surface area contributed by atoms with Gasteiger partial charge in [-0.15, -0.1) is 5.10 Å². The van der Waals surface area contributed by atoms with Crippen molar-refractivity contribution < 1.29 is 23.7 Å². The fraction of sp³-hybridized carbons (Fsp3) is 0.333. The molecular formula is C24H24N4O5S. The van der Waals surface area contributed by atoms with E-state index in [0.717, 1.165) is 28.6 Å². The molecule has 34 heavy (non-hydrogen) atoms. The Labute approximate surface area is 200 Å². The molecule has 2 aromatic heterocycles. The minimum absolute atomic E-state index is 0.201. The molecule has 1 aliphatic heterocycles. The van der Waals surface area contributed by atoms with Crippen molar-refractivity contribution in [1.29, 1.82) is 0 Å². The van der Waals surface area contributed by atoms with Gasteiger partial charge in [-0.1, -0.05) is 19.1 Å². The summed E-state index contributed by atoms with van der Waals surface area (Å²) in [5.41, 5.74) is 4.64. The molecule has 0 saturated carbocycles. The van der Waals surface area contributed by atoms with E-state index in [0.29, 0.717) is 48.2 Å². The van der Waals surface area contributed by atoms with Crippen molar-refractivity contribution >= 4 is 28.7 Å². The molecule has 176 valence electrons. The van der Waals surface area contributed by atoms with Crippen LogP contribution in [0.3, 0.4) is 0 Å². The predicted octanol–water partition coefficient (Wildman–Crippen LogP) is 4.22. The quantitative estimate of drug-likeness (QED) is 0.329. The molecule has 3 heterocycles. The van der Waals surface area contributed by atoms with Gasteiger partial charge in [-0.2, -0.15) is 8.75 Å². The molecule has 0 spiro atoms. The fourth-order valence-corrected chi connectivity index (χ4v) is 4.36. The lowest BCUT2D eigenvalue weighted by Gasteiger charge is -2.10. The Morgan fingerprint density at radius 3 is 2.74 bits per heavy atom. The number of carbonyl (C=O) groups is 1. The Bertz CT molecular complexity index is 1330. The van der Waals surface area contributed by atoms with Crippen LogP contribution in [0.4, 0.5) is 0 Å². The van der Waals surface area contributed by atoms with E-state index >= 15 is 0 Å². The van der Waals surface area contributed by atoms with Gasteiger partial charge in [0.15, 0.2) is 17.2 Å². The Kier molecular flexibility index (Phi) is 6.31. The molecule has 1 aliphatic rings. The molecule has 2 aromatic carbocycles. The summed E-state index contributed by atoms with van der Waals surface area (Å²) < 4.78 is 32.6. The van der Waals surface area contributed by atoms with Crippen molar-refractivity contribution in [1.82, 2.24) is 18.5 Å². The lowest BCUT2D eigenvalue weighted by atomic mass is 10.0. The van der Waals surface area contributed by atoms with E-state index in [1.807, 2.05) is 43.3 Å². The normalized spacial score (nSPS) is 12.3. The third-order valence-corrected chi connectivity index (χ3v) is 5.95. The van der Waals surface area contributed by atoms with Gasteiger partial charge >= 0.3 is 5.97 Å². The summed E-state index contributed by atoms with van der Waals surface area (Å²) in [4.78, 5) is 13.1. The van der Waals surface area contributed by atoms with Gasteiger partial charge in [0.25, 0.3) is 0 Å². The van der Waals surface area contributed by atoms with Gasteiger partial charge in [-0.3, -0.25) is 0 Å². The average molecular weight is 481 g/mol. The van der Waals surface area contributed by atoms with Gasteiger partial charge in [0.05, 0.1) is 37.1 Å². The fourth-order valence-electron chi connectivity index (χ4n) is 3.85. The summed E-state index contributed by atoms with van der Waals surface area (Å²) in [6.07, 6.45) is 1.27. The van der Waals surface area contributed by atoms with Crippen LogP contribution in [0.2, 0.25) is 0 Å². The SMILES string of the molecule is CCCOc1nn(Cc2ccc3c(c2)OCO3)c(C(=O)OCC)c1Cc1ccc2nsnc2c1. The number of ether oxygens (including phenoxy) is 4. The topological polar surface area (TPSA) is 97.6 Å². The van der Waals surface area contributed by atoms with Gasteiger partial charge < -0.3 is 18.9 Å². The molecule has 10 heteroatoms. The number of hydrogen-bond donors (Lipinski definition) is 0. The van der Waals surface area contributed by atoms with E-state index in [-0.39, 0.29) is 13.4 Å². The van der Waals surface area contributed by atoms with Gasteiger partial charge in [-0.05, 0) is 48.7 Å². The summed E-state index contributed by atoms with van der Waals surface area (Å²) in [5.74, 6) is 1.38. The largest absolute Gasteiger partial charge is 0.476 e. The monoisotopic (exact) mass is 480 g/mol. The van der Waals surface area contributed by atoms with Crippen LogP contribution in [0, 0.1) is 0 Å². The molecule has 0 bridgehead atoms. The number of hydrogen-bond acceptors (Lipinski definition) is 9. The standard InChI is InChI=1S/C24H24N4O5S/c1-3-9-31-23-17(10-15-5-7-18-19(11-15)27-34-26-18)22(24(29)30-4-2)28(25-23)13-16-6-8-20-21(12-16)33-14-32-20/h5-8,11-12H,3-4,9-10,13-14H2,1-2H3. The molecule has 5 rings (SSSR count). The summed E-state index contributed by atoms with van der Waals surface area (Å²) >= 11 is 1.18. The van der Waals surface area contributed by atoms with Crippen LogP contribution in [-0.4, -0.2) is 44.5 Å². The third kappa shape index (κ3) is 4.41. The Morgan fingerprint density at radius 1 is 1.06 bits per heavy atom. The Hall–Kier alpha value is -3.66. The Balaban J connectivity index is 1.55. The second-order valence-corrected chi connectivity index (χ2v) is 8.34. The summed E-state index contributed by atoms with van der Waals surface area (Å²) in [7, 11) is 0. The molecule has 0 radical (unpaired) electrons. The number of fused-ring (bicyclic) bond motifs is 2. The van der Waals surface area contributed by atoms with Crippen LogP contribution in [-0.2, 0) is 17.7 Å². The van der Waals surface area contributed by atoms with E-state index in [2.05, 4.69) is 13.8 Å². The lowest BCUT2D eigenvalue weighted by molar-refractivity contribution is 0.0511. The first-order chi connectivity index (χ1) is 16.7. The van der Waals surface area contributed by atoms with E-state index in [1.165, 1.54) is 11.7 Å². The lowest BCUT2D eigenvalue weighted by Crippen LogP contribution is -2.16. The van der Waals surface area contributed by atoms with Gasteiger partial charge in [0, 0.05) is 6.42 Å². The summed E-state index contributed by atoms with van der Waals surface area (Å²) in [6.45, 7) is 5.11. The number of esters is 1. The van der Waals surface area contributed by atoms with Crippen LogP contribution in [0.15, 0.2) is 36.4 Å². The van der Waals surface area contributed by atoms with Crippen LogP contribution in [0.25, 0.3) is 11.0 Å². The number of carbonyl (C=O) groups excluding carboxylic acids is 1. The molecule has 0 fully saturated rings. The molecule has 0 N–H and O–H groups in total. The highest BCUT2D eigenvalue weighted by Gasteiger charge is 2.27. The maximum absolute atomic E-state index is 13.1. The molecule has 0 unspecified atom stereocenters. The van der Waals surface area contributed by atoms with Crippen molar-refractivity contribution in [3.63, 3.8) is 0 Å².